The zero-order valence-corrected chi connectivity index (χ0v) is 10.2. The fourth-order valence-electron chi connectivity index (χ4n) is 1.03. The van der Waals surface area contributed by atoms with Crippen molar-refractivity contribution in [1.82, 2.24) is 10.3 Å². The first-order chi connectivity index (χ1) is 8.40. The Labute approximate surface area is 107 Å². The van der Waals surface area contributed by atoms with Crippen molar-refractivity contribution in [3.63, 3.8) is 0 Å². The van der Waals surface area contributed by atoms with E-state index < -0.39 is 23.2 Å². The van der Waals surface area contributed by atoms with Gasteiger partial charge in [-0.15, -0.1) is 0 Å². The third-order valence-corrected chi connectivity index (χ3v) is 2.95. The molecule has 1 atom stereocenters. The molecular weight excluding hydrogens is 258 g/mol. The molecule has 0 aliphatic carbocycles. The number of imide groups is 1. The predicted molar refractivity (Wildman–Crippen MR) is 64.2 cm³/mol. The van der Waals surface area contributed by atoms with Crippen LogP contribution in [-0.4, -0.2) is 33.2 Å². The first-order valence-corrected chi connectivity index (χ1v) is 5.74. The molecule has 1 unspecified atom stereocenters. The number of nitrogens with one attached hydrogen (secondary N) is 1. The number of aromatic carboxylic acids is 1. The van der Waals surface area contributed by atoms with Crippen LogP contribution in [0.2, 0.25) is 0 Å². The predicted octanol–water partition coefficient (Wildman–Crippen LogP) is 0.455. The summed E-state index contributed by atoms with van der Waals surface area (Å²) in [7, 11) is 0. The maximum Gasteiger partial charge on any atom is 0.337 e. The number of carbonyl (C=O) groups excluding carboxylic acids is 2. The minimum absolute atomic E-state index is 0.0635. The molecule has 18 heavy (non-hydrogen) atoms. The van der Waals surface area contributed by atoms with Crippen LogP contribution in [0.15, 0.2) is 23.4 Å². The van der Waals surface area contributed by atoms with Gasteiger partial charge in [0, 0.05) is 6.20 Å². The van der Waals surface area contributed by atoms with E-state index in [1.165, 1.54) is 18.3 Å². The smallest absolute Gasteiger partial charge is 0.337 e. The Balaban J connectivity index is 2.64. The van der Waals surface area contributed by atoms with E-state index in [0.29, 0.717) is 5.03 Å². The average molecular weight is 269 g/mol. The molecule has 0 spiro atoms. The van der Waals surface area contributed by atoms with Crippen molar-refractivity contribution in [2.45, 2.75) is 17.2 Å². The van der Waals surface area contributed by atoms with Crippen LogP contribution in [0.3, 0.4) is 0 Å². The van der Waals surface area contributed by atoms with Gasteiger partial charge < -0.3 is 10.8 Å². The van der Waals surface area contributed by atoms with Crippen LogP contribution < -0.4 is 11.1 Å². The standard InChI is InChI=1S/C10H11N3O4S/c1-5(8(14)13-10(11)17)18-7-3-2-6(4-12-7)9(15)16/h2-5H,1H3,(H,15,16)(H3,11,13,14,17). The van der Waals surface area contributed by atoms with Crippen LogP contribution in [0, 0.1) is 0 Å². The van der Waals surface area contributed by atoms with E-state index in [2.05, 4.69) is 4.98 Å². The van der Waals surface area contributed by atoms with Gasteiger partial charge in [-0.3, -0.25) is 10.1 Å². The SMILES string of the molecule is CC(Sc1ccc(C(=O)O)cn1)C(=O)NC(N)=O. The van der Waals surface area contributed by atoms with Crippen molar-refractivity contribution in [3.05, 3.63) is 23.9 Å². The number of carbonyl (C=O) groups is 3. The molecule has 0 aliphatic rings. The Hall–Kier alpha value is -2.09. The Morgan fingerprint density at radius 2 is 2.11 bits per heavy atom. The summed E-state index contributed by atoms with van der Waals surface area (Å²) < 4.78 is 0. The molecule has 0 fully saturated rings. The lowest BCUT2D eigenvalue weighted by atomic mass is 10.3. The summed E-state index contributed by atoms with van der Waals surface area (Å²) >= 11 is 1.09. The van der Waals surface area contributed by atoms with Gasteiger partial charge in [0.25, 0.3) is 0 Å². The van der Waals surface area contributed by atoms with Gasteiger partial charge in [0.1, 0.15) is 0 Å². The Morgan fingerprint density at radius 3 is 2.56 bits per heavy atom. The molecule has 96 valence electrons. The van der Waals surface area contributed by atoms with E-state index in [9.17, 15) is 14.4 Å². The van der Waals surface area contributed by atoms with Crippen LogP contribution in [0.5, 0.6) is 0 Å². The highest BCUT2D eigenvalue weighted by Gasteiger charge is 2.16. The highest BCUT2D eigenvalue weighted by molar-refractivity contribution is 8.00. The quantitative estimate of drug-likeness (QED) is 0.682. The number of hydrogen-bond donors (Lipinski definition) is 3. The minimum Gasteiger partial charge on any atom is -0.478 e. The molecule has 1 aromatic heterocycles. The Kier molecular flexibility index (Phi) is 4.67. The van der Waals surface area contributed by atoms with Crippen molar-refractivity contribution in [1.29, 1.82) is 0 Å². The summed E-state index contributed by atoms with van der Waals surface area (Å²) in [4.78, 5) is 36.4. The monoisotopic (exact) mass is 269 g/mol. The second kappa shape index (κ2) is 6.01. The third-order valence-electron chi connectivity index (χ3n) is 1.90. The number of urea groups is 1. The number of primary amides is 1. The van der Waals surface area contributed by atoms with Gasteiger partial charge in [-0.1, -0.05) is 11.8 Å². The number of amides is 3. The van der Waals surface area contributed by atoms with E-state index in [0.717, 1.165) is 11.8 Å². The van der Waals surface area contributed by atoms with Crippen molar-refractivity contribution < 1.29 is 19.5 Å². The molecule has 7 nitrogen and oxygen atoms in total. The van der Waals surface area contributed by atoms with Gasteiger partial charge >= 0.3 is 12.0 Å². The van der Waals surface area contributed by atoms with E-state index in [1.807, 2.05) is 5.32 Å². The molecule has 0 aliphatic heterocycles. The minimum atomic E-state index is -1.07. The number of aromatic nitrogens is 1. The van der Waals surface area contributed by atoms with Crippen LogP contribution in [0.4, 0.5) is 4.79 Å². The topological polar surface area (TPSA) is 122 Å². The first-order valence-electron chi connectivity index (χ1n) is 4.86. The fraction of sp³-hybridized carbons (Fsp3) is 0.200. The van der Waals surface area contributed by atoms with Crippen LogP contribution in [0.25, 0.3) is 0 Å². The number of nitrogens with two attached hydrogens (primary N) is 1. The highest BCUT2D eigenvalue weighted by Crippen LogP contribution is 2.21. The maximum atomic E-state index is 11.4. The molecule has 0 radical (unpaired) electrons. The van der Waals surface area contributed by atoms with Crippen molar-refractivity contribution in [2.24, 2.45) is 5.73 Å². The number of hydrogen-bond acceptors (Lipinski definition) is 5. The summed E-state index contributed by atoms with van der Waals surface area (Å²) in [6, 6.07) is 1.96. The lowest BCUT2D eigenvalue weighted by molar-refractivity contribution is -0.119. The van der Waals surface area contributed by atoms with Crippen LogP contribution >= 0.6 is 11.8 Å². The summed E-state index contributed by atoms with van der Waals surface area (Å²) in [5.41, 5.74) is 4.88. The van der Waals surface area contributed by atoms with E-state index >= 15 is 0 Å². The molecule has 0 saturated carbocycles. The molecule has 1 rings (SSSR count). The lowest BCUT2D eigenvalue weighted by Crippen LogP contribution is -2.39. The zero-order valence-electron chi connectivity index (χ0n) is 9.41. The molecule has 0 saturated heterocycles. The molecule has 8 heteroatoms. The van der Waals surface area contributed by atoms with Gasteiger partial charge in [-0.05, 0) is 19.1 Å². The summed E-state index contributed by atoms with van der Waals surface area (Å²) in [6.45, 7) is 1.58. The van der Waals surface area contributed by atoms with E-state index in [4.69, 9.17) is 10.8 Å². The second-order valence-electron chi connectivity index (χ2n) is 3.30. The Morgan fingerprint density at radius 1 is 1.44 bits per heavy atom. The largest absolute Gasteiger partial charge is 0.478 e. The van der Waals surface area contributed by atoms with Crippen LogP contribution in [-0.2, 0) is 4.79 Å². The van der Waals surface area contributed by atoms with Crippen LogP contribution in [0.1, 0.15) is 17.3 Å². The molecule has 0 aromatic carbocycles. The molecule has 3 amide bonds. The molecule has 0 bridgehead atoms. The number of carboxylic acids is 1. The van der Waals surface area contributed by atoms with Gasteiger partial charge in [0.15, 0.2) is 0 Å². The third kappa shape index (κ3) is 4.06. The number of rotatable bonds is 4. The van der Waals surface area contributed by atoms with E-state index in [-0.39, 0.29) is 5.56 Å². The summed E-state index contributed by atoms with van der Waals surface area (Å²) in [5.74, 6) is -1.60. The first kappa shape index (κ1) is 14.0. The molecule has 1 heterocycles. The van der Waals surface area contributed by atoms with Gasteiger partial charge in [0.05, 0.1) is 15.8 Å². The average Bonchev–Trinajstić information content (AvgIpc) is 2.28. The number of thioether (sulfide) groups is 1. The Bertz CT molecular complexity index is 475. The second-order valence-corrected chi connectivity index (χ2v) is 4.66. The maximum absolute atomic E-state index is 11.4. The molecule has 4 N–H and O–H groups in total. The molecule has 1 aromatic rings. The van der Waals surface area contributed by atoms with Gasteiger partial charge in [-0.25, -0.2) is 14.6 Å². The summed E-state index contributed by atoms with van der Waals surface area (Å²) in [5, 5.41) is 10.5. The summed E-state index contributed by atoms with van der Waals surface area (Å²) in [6.07, 6.45) is 1.20. The van der Waals surface area contributed by atoms with E-state index in [1.54, 1.807) is 6.92 Å². The number of carboxylic acid groups (broad SMARTS) is 1. The van der Waals surface area contributed by atoms with Crippen molar-refractivity contribution >= 4 is 29.7 Å². The zero-order chi connectivity index (χ0) is 13.7. The fourth-order valence-corrected chi connectivity index (χ4v) is 1.82. The number of pyridine rings is 1. The van der Waals surface area contributed by atoms with Crippen molar-refractivity contribution in [2.75, 3.05) is 0 Å². The highest BCUT2D eigenvalue weighted by atomic mass is 32.2. The normalized spacial score (nSPS) is 11.6. The number of nitrogens with zero attached hydrogens (tertiary/aromatic N) is 1. The van der Waals surface area contributed by atoms with Crippen molar-refractivity contribution in [3.8, 4) is 0 Å². The lowest BCUT2D eigenvalue weighted by Gasteiger charge is -2.09. The van der Waals surface area contributed by atoms with Gasteiger partial charge in [-0.2, -0.15) is 0 Å². The molecular formula is C10H11N3O4S. The van der Waals surface area contributed by atoms with Gasteiger partial charge in [0.2, 0.25) is 5.91 Å².